The van der Waals surface area contributed by atoms with E-state index in [0.29, 0.717) is 6.42 Å². The standard InChI is InChI=1S/C70H123NO18/c1-3-5-7-9-11-13-15-17-18-19-20-21-22-23-24-25-26-27-28-29-30-31-32-33-34-36-38-40-42-44-46-48-58(76)71-53(54(75)47-45-43-41-39-37-35-16-14-12-10-8-6-4-2)52-84-68-64(82)61(79)66(56(50-73)86-68)89-70-65(83)62(80)67(57(51-74)87-70)88-69-63(81)60(78)59(77)55(49-72)85-69/h5,7,11,13,17-18,20-21,23-24,45,47,53-57,59-70,72-75,77-83H,3-4,6,8-10,12,14-16,19,22,25-44,46,48-52H2,1-2H3,(H,71,76)/b7-5-,13-11-,18-17-,21-20-,24-23-,47-45+. The minimum absolute atomic E-state index is 0.240. The maximum absolute atomic E-state index is 13.4. The molecule has 0 radical (unpaired) electrons. The number of carbonyl (C=O) groups is 1. The maximum Gasteiger partial charge on any atom is 0.220 e. The Kier molecular flexibility index (Phi) is 46.7. The molecule has 19 heteroatoms. The molecule has 3 saturated heterocycles. The van der Waals surface area contributed by atoms with Crippen LogP contribution in [0.1, 0.15) is 232 Å². The zero-order chi connectivity index (χ0) is 64.7. The molecule has 1 amide bonds. The molecule has 0 bridgehead atoms. The van der Waals surface area contributed by atoms with E-state index in [-0.39, 0.29) is 18.9 Å². The number of rotatable bonds is 52. The minimum atomic E-state index is -1.98. The smallest absolute Gasteiger partial charge is 0.220 e. The second-order valence-electron chi connectivity index (χ2n) is 24.6. The van der Waals surface area contributed by atoms with Gasteiger partial charge in [-0.15, -0.1) is 0 Å². The van der Waals surface area contributed by atoms with Gasteiger partial charge < -0.3 is 89.9 Å². The van der Waals surface area contributed by atoms with Crippen LogP contribution in [0.5, 0.6) is 0 Å². The molecule has 0 saturated carbocycles. The van der Waals surface area contributed by atoms with E-state index in [2.05, 4.69) is 79.9 Å². The van der Waals surface area contributed by atoms with Gasteiger partial charge in [-0.3, -0.25) is 4.79 Å². The van der Waals surface area contributed by atoms with E-state index in [4.69, 9.17) is 28.4 Å². The molecule has 3 aliphatic rings. The molecule has 17 atom stereocenters. The van der Waals surface area contributed by atoms with Crippen LogP contribution in [0, 0.1) is 0 Å². The van der Waals surface area contributed by atoms with Crippen LogP contribution in [0.25, 0.3) is 0 Å². The normalized spacial score (nSPS) is 28.7. The molecule has 0 aliphatic carbocycles. The summed E-state index contributed by atoms with van der Waals surface area (Å²) in [6.45, 7) is 1.61. The van der Waals surface area contributed by atoms with Crippen LogP contribution in [0.15, 0.2) is 72.9 Å². The molecule has 89 heavy (non-hydrogen) atoms. The van der Waals surface area contributed by atoms with Crippen molar-refractivity contribution in [1.82, 2.24) is 5.32 Å². The van der Waals surface area contributed by atoms with Gasteiger partial charge in [0, 0.05) is 6.42 Å². The lowest BCUT2D eigenvalue weighted by atomic mass is 9.96. The van der Waals surface area contributed by atoms with Gasteiger partial charge in [-0.05, 0) is 64.2 Å². The zero-order valence-corrected chi connectivity index (χ0v) is 54.4. The van der Waals surface area contributed by atoms with Gasteiger partial charge in [0.2, 0.25) is 5.91 Å². The Morgan fingerprint density at radius 2 is 0.775 bits per heavy atom. The number of unbranched alkanes of at least 4 members (excludes halogenated alkanes) is 26. The molecule has 17 unspecified atom stereocenters. The third-order valence-corrected chi connectivity index (χ3v) is 17.0. The predicted molar refractivity (Wildman–Crippen MR) is 346 cm³/mol. The highest BCUT2D eigenvalue weighted by atomic mass is 16.8. The number of allylic oxidation sites excluding steroid dienone is 11. The maximum atomic E-state index is 13.4. The summed E-state index contributed by atoms with van der Waals surface area (Å²) in [5.41, 5.74) is 0. The van der Waals surface area contributed by atoms with Gasteiger partial charge in [0.15, 0.2) is 18.9 Å². The highest BCUT2D eigenvalue weighted by Crippen LogP contribution is 2.33. The first-order chi connectivity index (χ1) is 43.3. The summed E-state index contributed by atoms with van der Waals surface area (Å²) in [5, 5.41) is 120. The molecule has 12 N–H and O–H groups in total. The monoisotopic (exact) mass is 1270 g/mol. The molecule has 0 aromatic carbocycles. The van der Waals surface area contributed by atoms with Crippen molar-refractivity contribution < 1.29 is 89.4 Å². The van der Waals surface area contributed by atoms with E-state index in [0.717, 1.165) is 77.0 Å². The van der Waals surface area contributed by atoms with Crippen LogP contribution >= 0.6 is 0 Å². The van der Waals surface area contributed by atoms with Crippen LogP contribution < -0.4 is 5.32 Å². The quantitative estimate of drug-likeness (QED) is 0.0200. The Morgan fingerprint density at radius 1 is 0.416 bits per heavy atom. The highest BCUT2D eigenvalue weighted by Gasteiger charge is 2.53. The Balaban J connectivity index is 1.38. The SMILES string of the molecule is CC/C=C\C/C=C\C/C=C\C/C=C\C/C=C\CCCCCCCCCCCCCCCCCC(=O)NC(COC1OC(CO)C(OC2OC(CO)C(OC3OC(CO)C(O)C(O)C3O)C(O)C2O)C(O)C1O)C(O)/C=C/CCCCCCCCCCCCC. The van der Waals surface area contributed by atoms with Crippen molar-refractivity contribution in [2.45, 2.75) is 336 Å². The first-order valence-corrected chi connectivity index (χ1v) is 34.7. The molecule has 3 fully saturated rings. The topological polar surface area (TPSA) is 307 Å². The molecule has 3 aliphatic heterocycles. The fourth-order valence-electron chi connectivity index (χ4n) is 11.4. The molecule has 516 valence electrons. The minimum Gasteiger partial charge on any atom is -0.394 e. The highest BCUT2D eigenvalue weighted by molar-refractivity contribution is 5.76. The summed E-state index contributed by atoms with van der Waals surface area (Å²) in [6, 6.07) is -0.975. The second-order valence-corrected chi connectivity index (χ2v) is 24.6. The number of amides is 1. The van der Waals surface area contributed by atoms with Crippen LogP contribution in [0.4, 0.5) is 0 Å². The zero-order valence-electron chi connectivity index (χ0n) is 54.4. The van der Waals surface area contributed by atoms with E-state index < -0.39 is 124 Å². The number of hydrogen-bond acceptors (Lipinski definition) is 18. The Labute approximate surface area is 534 Å². The lowest BCUT2D eigenvalue weighted by molar-refractivity contribution is -0.379. The van der Waals surface area contributed by atoms with Gasteiger partial charge in [0.05, 0.1) is 38.6 Å². The van der Waals surface area contributed by atoms with Crippen molar-refractivity contribution in [3.63, 3.8) is 0 Å². The fourth-order valence-corrected chi connectivity index (χ4v) is 11.4. The summed E-state index contributed by atoms with van der Waals surface area (Å²) in [5.74, 6) is -0.278. The fraction of sp³-hybridized carbons (Fsp3) is 0.814. The molecule has 0 spiro atoms. The molecule has 19 nitrogen and oxygen atoms in total. The molecular formula is C70H123NO18. The average molecular weight is 1270 g/mol. The number of aliphatic hydroxyl groups excluding tert-OH is 11. The van der Waals surface area contributed by atoms with Gasteiger partial charge in [-0.1, -0.05) is 234 Å². The summed E-state index contributed by atoms with van der Waals surface area (Å²) >= 11 is 0. The summed E-state index contributed by atoms with van der Waals surface area (Å²) in [6.07, 6.45) is 37.4. The van der Waals surface area contributed by atoms with Crippen molar-refractivity contribution in [2.24, 2.45) is 0 Å². The van der Waals surface area contributed by atoms with Gasteiger partial charge in [-0.2, -0.15) is 0 Å². The van der Waals surface area contributed by atoms with Crippen LogP contribution in [0.2, 0.25) is 0 Å². The third-order valence-electron chi connectivity index (χ3n) is 17.0. The van der Waals surface area contributed by atoms with Crippen molar-refractivity contribution in [3.8, 4) is 0 Å². The van der Waals surface area contributed by atoms with Gasteiger partial charge in [0.1, 0.15) is 73.2 Å². The van der Waals surface area contributed by atoms with Gasteiger partial charge in [0.25, 0.3) is 0 Å². The van der Waals surface area contributed by atoms with E-state index in [1.807, 2.05) is 6.08 Å². The van der Waals surface area contributed by atoms with E-state index in [1.165, 1.54) is 128 Å². The van der Waals surface area contributed by atoms with Crippen LogP contribution in [0.3, 0.4) is 0 Å². The van der Waals surface area contributed by atoms with Gasteiger partial charge >= 0.3 is 0 Å². The first kappa shape index (κ1) is 80.5. The van der Waals surface area contributed by atoms with Crippen molar-refractivity contribution >= 4 is 5.91 Å². The van der Waals surface area contributed by atoms with E-state index in [1.54, 1.807) is 6.08 Å². The van der Waals surface area contributed by atoms with Gasteiger partial charge in [-0.25, -0.2) is 0 Å². The molecule has 3 heterocycles. The number of carbonyl (C=O) groups excluding carboxylic acids is 1. The largest absolute Gasteiger partial charge is 0.394 e. The second kappa shape index (κ2) is 51.6. The number of hydrogen-bond donors (Lipinski definition) is 12. The first-order valence-electron chi connectivity index (χ1n) is 34.7. The number of aliphatic hydroxyl groups is 11. The van der Waals surface area contributed by atoms with Crippen molar-refractivity contribution in [2.75, 3.05) is 26.4 Å². The predicted octanol–water partition coefficient (Wildman–Crippen LogP) is 8.94. The summed E-state index contributed by atoms with van der Waals surface area (Å²) in [4.78, 5) is 13.4. The van der Waals surface area contributed by atoms with Crippen molar-refractivity contribution in [1.29, 1.82) is 0 Å². The Bertz CT molecular complexity index is 1900. The number of nitrogens with one attached hydrogen (secondary N) is 1. The average Bonchev–Trinajstić information content (AvgIpc) is 1.92. The molecule has 0 aromatic heterocycles. The lowest BCUT2D eigenvalue weighted by Crippen LogP contribution is -2.66. The molecule has 0 aromatic rings. The van der Waals surface area contributed by atoms with E-state index in [9.17, 15) is 61.0 Å². The Hall–Kier alpha value is -2.77. The molecule has 3 rings (SSSR count). The third kappa shape index (κ3) is 33.8. The van der Waals surface area contributed by atoms with Crippen molar-refractivity contribution in [3.05, 3.63) is 72.9 Å². The Morgan fingerprint density at radius 3 is 1.21 bits per heavy atom. The summed E-state index contributed by atoms with van der Waals surface area (Å²) in [7, 11) is 0. The lowest BCUT2D eigenvalue weighted by Gasteiger charge is -2.48. The summed E-state index contributed by atoms with van der Waals surface area (Å²) < 4.78 is 34.3. The number of ether oxygens (including phenoxy) is 6. The van der Waals surface area contributed by atoms with Crippen LogP contribution in [-0.2, 0) is 33.2 Å². The molecular weight excluding hydrogens is 1140 g/mol. The van der Waals surface area contributed by atoms with E-state index >= 15 is 0 Å². The van der Waals surface area contributed by atoms with Crippen LogP contribution in [-0.4, -0.2) is 193 Å².